The summed E-state index contributed by atoms with van der Waals surface area (Å²) in [5.74, 6) is -0.172. The Hall–Kier alpha value is -3.17. The van der Waals surface area contributed by atoms with Gasteiger partial charge in [-0.1, -0.05) is 42.1 Å². The quantitative estimate of drug-likeness (QED) is 0.529. The van der Waals surface area contributed by atoms with E-state index in [1.54, 1.807) is 30.3 Å². The number of pyridine rings is 1. The van der Waals surface area contributed by atoms with Crippen molar-refractivity contribution in [3.8, 4) is 6.07 Å². The highest BCUT2D eigenvalue weighted by Crippen LogP contribution is 2.26. The van der Waals surface area contributed by atoms with Crippen LogP contribution in [-0.4, -0.2) is 22.4 Å². The van der Waals surface area contributed by atoms with E-state index in [-0.39, 0.29) is 17.4 Å². The predicted molar refractivity (Wildman–Crippen MR) is 107 cm³/mol. The first-order chi connectivity index (χ1) is 13.0. The number of nitrogens with zero attached hydrogens (tertiary/aromatic N) is 2. The third-order valence-electron chi connectivity index (χ3n) is 4.03. The molecule has 3 aromatic rings. The molecule has 1 N–H and O–H groups in total. The van der Waals surface area contributed by atoms with Gasteiger partial charge in [0.2, 0.25) is 5.91 Å². The summed E-state index contributed by atoms with van der Waals surface area (Å²) >= 11 is 1.22. The number of hydrogen-bond donors (Lipinski definition) is 1. The smallest absolute Gasteiger partial charge is 0.234 e. The van der Waals surface area contributed by atoms with E-state index in [1.807, 2.05) is 25.1 Å². The summed E-state index contributed by atoms with van der Waals surface area (Å²) in [5, 5.41) is 13.6. The number of Topliss-reactive ketones (excluding diaryl/α,β-unsaturated/α-hetero) is 1. The Morgan fingerprint density at radius 3 is 2.70 bits per heavy atom. The van der Waals surface area contributed by atoms with Gasteiger partial charge >= 0.3 is 0 Å². The summed E-state index contributed by atoms with van der Waals surface area (Å²) in [6.07, 6.45) is 0. The number of hydrogen-bond acceptors (Lipinski definition) is 5. The van der Waals surface area contributed by atoms with Crippen LogP contribution in [0.3, 0.4) is 0 Å². The number of benzene rings is 2. The average Bonchev–Trinajstić information content (AvgIpc) is 2.66. The van der Waals surface area contributed by atoms with Gasteiger partial charge in [-0.2, -0.15) is 5.26 Å². The lowest BCUT2D eigenvalue weighted by Crippen LogP contribution is -2.14. The van der Waals surface area contributed by atoms with Gasteiger partial charge in [0, 0.05) is 16.6 Å². The second-order valence-electron chi connectivity index (χ2n) is 6.07. The van der Waals surface area contributed by atoms with Crippen molar-refractivity contribution in [2.45, 2.75) is 18.9 Å². The summed E-state index contributed by atoms with van der Waals surface area (Å²) in [4.78, 5) is 28.3. The molecule has 0 unspecified atom stereocenters. The van der Waals surface area contributed by atoms with E-state index >= 15 is 0 Å². The van der Waals surface area contributed by atoms with Gasteiger partial charge in [-0.25, -0.2) is 4.98 Å². The van der Waals surface area contributed by atoms with E-state index in [0.717, 1.165) is 16.5 Å². The summed E-state index contributed by atoms with van der Waals surface area (Å²) in [7, 11) is 0. The van der Waals surface area contributed by atoms with Crippen molar-refractivity contribution in [2.24, 2.45) is 0 Å². The molecule has 6 heteroatoms. The largest absolute Gasteiger partial charge is 0.325 e. The van der Waals surface area contributed by atoms with Gasteiger partial charge in [0.05, 0.1) is 16.8 Å². The number of nitrogens with one attached hydrogen (secondary N) is 1. The van der Waals surface area contributed by atoms with Gasteiger partial charge < -0.3 is 5.32 Å². The SMILES string of the molecule is CC(=O)c1cccc(NC(=O)CSc2nc3c(C)cccc3cc2C#N)c1. The molecule has 5 nitrogen and oxygen atoms in total. The van der Waals surface area contributed by atoms with E-state index < -0.39 is 0 Å². The number of carbonyl (C=O) groups is 2. The lowest BCUT2D eigenvalue weighted by molar-refractivity contribution is -0.113. The second kappa shape index (κ2) is 8.02. The zero-order valence-corrected chi connectivity index (χ0v) is 15.8. The molecule has 1 aromatic heterocycles. The molecule has 0 fully saturated rings. The van der Waals surface area contributed by atoms with Gasteiger partial charge in [0.15, 0.2) is 5.78 Å². The number of ketones is 1. The molecule has 3 rings (SSSR count). The molecule has 0 aliphatic heterocycles. The maximum atomic E-state index is 12.3. The van der Waals surface area contributed by atoms with E-state index in [0.29, 0.717) is 21.8 Å². The van der Waals surface area contributed by atoms with Crippen LogP contribution in [0.4, 0.5) is 5.69 Å². The molecule has 0 saturated heterocycles. The fourth-order valence-electron chi connectivity index (χ4n) is 2.67. The number of amides is 1. The van der Waals surface area contributed by atoms with Crippen LogP contribution in [0.1, 0.15) is 28.4 Å². The van der Waals surface area contributed by atoms with E-state index in [9.17, 15) is 14.9 Å². The van der Waals surface area contributed by atoms with Crippen LogP contribution in [0, 0.1) is 18.3 Å². The molecule has 0 radical (unpaired) electrons. The zero-order valence-electron chi connectivity index (χ0n) is 14.9. The lowest BCUT2D eigenvalue weighted by Gasteiger charge is -2.08. The molecule has 1 amide bonds. The molecular formula is C21H17N3O2S. The Morgan fingerprint density at radius 1 is 1.19 bits per heavy atom. The van der Waals surface area contributed by atoms with Crippen LogP contribution in [-0.2, 0) is 4.79 Å². The first-order valence-electron chi connectivity index (χ1n) is 8.32. The normalized spacial score (nSPS) is 10.4. The molecular weight excluding hydrogens is 358 g/mol. The van der Waals surface area contributed by atoms with Crippen molar-refractivity contribution in [3.05, 3.63) is 65.2 Å². The van der Waals surface area contributed by atoms with Crippen molar-refractivity contribution in [1.82, 2.24) is 4.98 Å². The predicted octanol–water partition coefficient (Wildman–Crippen LogP) is 4.35. The fourth-order valence-corrected chi connectivity index (χ4v) is 3.42. The Kier molecular flexibility index (Phi) is 5.53. The molecule has 1 heterocycles. The molecule has 2 aromatic carbocycles. The molecule has 0 aliphatic carbocycles. The molecule has 134 valence electrons. The maximum Gasteiger partial charge on any atom is 0.234 e. The number of rotatable bonds is 5. The number of para-hydroxylation sites is 1. The Labute approximate surface area is 161 Å². The van der Waals surface area contributed by atoms with Crippen molar-refractivity contribution in [1.29, 1.82) is 5.26 Å². The first-order valence-corrected chi connectivity index (χ1v) is 9.30. The van der Waals surface area contributed by atoms with Crippen LogP contribution in [0.15, 0.2) is 53.6 Å². The summed E-state index contributed by atoms with van der Waals surface area (Å²) in [6, 6.07) is 16.5. The van der Waals surface area contributed by atoms with Crippen LogP contribution < -0.4 is 5.32 Å². The number of anilines is 1. The molecule has 0 atom stereocenters. The number of thioether (sulfide) groups is 1. The van der Waals surface area contributed by atoms with Gasteiger partial charge in [0.25, 0.3) is 0 Å². The van der Waals surface area contributed by atoms with Crippen LogP contribution in [0.2, 0.25) is 0 Å². The second-order valence-corrected chi connectivity index (χ2v) is 7.04. The van der Waals surface area contributed by atoms with Gasteiger partial charge in [-0.3, -0.25) is 9.59 Å². The average molecular weight is 375 g/mol. The van der Waals surface area contributed by atoms with Gasteiger partial charge in [-0.15, -0.1) is 0 Å². The minimum atomic E-state index is -0.226. The highest BCUT2D eigenvalue weighted by atomic mass is 32.2. The summed E-state index contributed by atoms with van der Waals surface area (Å²) in [6.45, 7) is 3.44. The zero-order chi connectivity index (χ0) is 19.4. The molecule has 0 aliphatic rings. The van der Waals surface area contributed by atoms with Crippen LogP contribution >= 0.6 is 11.8 Å². The highest BCUT2D eigenvalue weighted by Gasteiger charge is 2.12. The highest BCUT2D eigenvalue weighted by molar-refractivity contribution is 8.00. The van der Waals surface area contributed by atoms with E-state index in [2.05, 4.69) is 16.4 Å². The van der Waals surface area contributed by atoms with E-state index in [1.165, 1.54) is 18.7 Å². The maximum absolute atomic E-state index is 12.3. The van der Waals surface area contributed by atoms with E-state index in [4.69, 9.17) is 0 Å². The Morgan fingerprint density at radius 2 is 1.96 bits per heavy atom. The Bertz CT molecular complexity index is 1090. The van der Waals surface area contributed by atoms with Crippen molar-refractivity contribution in [2.75, 3.05) is 11.1 Å². The summed E-state index contributed by atoms with van der Waals surface area (Å²) < 4.78 is 0. The number of aromatic nitrogens is 1. The monoisotopic (exact) mass is 375 g/mol. The standard InChI is InChI=1S/C21H17N3O2S/c1-13-5-3-7-16-9-17(11-22)21(24-20(13)16)27-12-19(26)23-18-8-4-6-15(10-18)14(2)25/h3-10H,12H2,1-2H3,(H,23,26). The number of aryl methyl sites for hydroxylation is 1. The van der Waals surface area contributed by atoms with Crippen molar-refractivity contribution in [3.63, 3.8) is 0 Å². The third-order valence-corrected chi connectivity index (χ3v) is 5.02. The van der Waals surface area contributed by atoms with Crippen LogP contribution in [0.25, 0.3) is 10.9 Å². The topological polar surface area (TPSA) is 82.8 Å². The van der Waals surface area contributed by atoms with Crippen LogP contribution in [0.5, 0.6) is 0 Å². The number of fused-ring (bicyclic) bond motifs is 1. The minimum Gasteiger partial charge on any atom is -0.325 e. The fraction of sp³-hybridized carbons (Fsp3) is 0.143. The van der Waals surface area contributed by atoms with Gasteiger partial charge in [0.1, 0.15) is 11.1 Å². The first kappa shape index (κ1) is 18.6. The molecule has 0 spiro atoms. The third kappa shape index (κ3) is 4.33. The molecule has 0 saturated carbocycles. The molecule has 0 bridgehead atoms. The van der Waals surface area contributed by atoms with Crippen molar-refractivity contribution >= 4 is 40.0 Å². The Balaban J connectivity index is 1.75. The minimum absolute atomic E-state index is 0.0603. The van der Waals surface area contributed by atoms with Gasteiger partial charge in [-0.05, 0) is 37.6 Å². The summed E-state index contributed by atoms with van der Waals surface area (Å²) in [5.41, 5.74) is 3.40. The molecule has 27 heavy (non-hydrogen) atoms. The lowest BCUT2D eigenvalue weighted by atomic mass is 10.1. The van der Waals surface area contributed by atoms with Crippen molar-refractivity contribution < 1.29 is 9.59 Å². The number of nitriles is 1. The number of carbonyl (C=O) groups excluding carboxylic acids is 2.